The highest BCUT2D eigenvalue weighted by Gasteiger charge is 2.24. The van der Waals surface area contributed by atoms with Gasteiger partial charge in [0.2, 0.25) is 11.8 Å². The summed E-state index contributed by atoms with van der Waals surface area (Å²) in [5.41, 5.74) is 2.15. The summed E-state index contributed by atoms with van der Waals surface area (Å²) in [6, 6.07) is 7.00. The number of hydrogen-bond acceptors (Lipinski definition) is 4. The van der Waals surface area contributed by atoms with E-state index in [0.717, 1.165) is 11.1 Å². The summed E-state index contributed by atoms with van der Waals surface area (Å²) in [5.74, 6) is -1.36. The number of nitrogens with one attached hydrogen (secondary N) is 1. The maximum absolute atomic E-state index is 12.5. The van der Waals surface area contributed by atoms with E-state index in [2.05, 4.69) is 5.32 Å². The Labute approximate surface area is 148 Å². The minimum Gasteiger partial charge on any atom is -0.480 e. The van der Waals surface area contributed by atoms with Crippen LogP contribution in [0, 0.1) is 6.92 Å². The number of likely N-dealkylation sites (N-methyl/N-ethyl adjacent to an activating group) is 1. The molecule has 7 heteroatoms. The van der Waals surface area contributed by atoms with E-state index >= 15 is 0 Å². The topological polar surface area (TPSA) is 90.0 Å². The molecule has 0 aromatic heterocycles. The first kappa shape index (κ1) is 20.6. The predicted molar refractivity (Wildman–Crippen MR) is 95.0 cm³/mol. The fourth-order valence-electron chi connectivity index (χ4n) is 2.37. The van der Waals surface area contributed by atoms with Gasteiger partial charge in [-0.25, -0.2) is 0 Å². The molecule has 2 amide bonds. The number of aryl methyl sites for hydroxylation is 1. The lowest BCUT2D eigenvalue weighted by Crippen LogP contribution is -2.48. The van der Waals surface area contributed by atoms with Gasteiger partial charge in [0.05, 0.1) is 6.54 Å². The summed E-state index contributed by atoms with van der Waals surface area (Å²) in [7, 11) is 1.70. The smallest absolute Gasteiger partial charge is 0.320 e. The summed E-state index contributed by atoms with van der Waals surface area (Å²) in [6.07, 6.45) is 0. The molecule has 1 rings (SSSR count). The second-order valence-electron chi connectivity index (χ2n) is 6.14. The Morgan fingerprint density at radius 3 is 2.44 bits per heavy atom. The standard InChI is InChI=1S/C18H27N3O4/c1-13-7-5-6-8-16(13)11-20(4)17(23)12-21(14(2)18(24)25)10-9-19-15(3)22/h5-8,14H,9-12H2,1-4H3,(H,19,22)(H,24,25). The van der Waals surface area contributed by atoms with Crippen molar-refractivity contribution in [2.45, 2.75) is 33.4 Å². The third kappa shape index (κ3) is 6.93. The van der Waals surface area contributed by atoms with Crippen LogP contribution in [0.3, 0.4) is 0 Å². The van der Waals surface area contributed by atoms with Gasteiger partial charge in [-0.2, -0.15) is 0 Å². The molecule has 1 aromatic carbocycles. The zero-order chi connectivity index (χ0) is 19.0. The maximum Gasteiger partial charge on any atom is 0.320 e. The number of carbonyl (C=O) groups is 3. The number of carboxylic acids is 1. The van der Waals surface area contributed by atoms with Crippen LogP contribution in [0.4, 0.5) is 0 Å². The highest BCUT2D eigenvalue weighted by Crippen LogP contribution is 2.10. The van der Waals surface area contributed by atoms with Gasteiger partial charge >= 0.3 is 5.97 Å². The van der Waals surface area contributed by atoms with E-state index < -0.39 is 12.0 Å². The van der Waals surface area contributed by atoms with E-state index in [1.807, 2.05) is 31.2 Å². The second-order valence-corrected chi connectivity index (χ2v) is 6.14. The monoisotopic (exact) mass is 349 g/mol. The van der Waals surface area contributed by atoms with Gasteiger partial charge in [-0.3, -0.25) is 19.3 Å². The summed E-state index contributed by atoms with van der Waals surface area (Å²) < 4.78 is 0. The summed E-state index contributed by atoms with van der Waals surface area (Å²) in [4.78, 5) is 37.9. The molecule has 0 aliphatic rings. The highest BCUT2D eigenvalue weighted by atomic mass is 16.4. The highest BCUT2D eigenvalue weighted by molar-refractivity contribution is 5.79. The molecule has 1 atom stereocenters. The number of rotatable bonds is 9. The minimum absolute atomic E-state index is 0.0184. The van der Waals surface area contributed by atoms with Crippen LogP contribution < -0.4 is 5.32 Å². The van der Waals surface area contributed by atoms with Crippen LogP contribution in [0.5, 0.6) is 0 Å². The van der Waals surface area contributed by atoms with Gasteiger partial charge < -0.3 is 15.3 Å². The molecule has 0 aliphatic heterocycles. The Morgan fingerprint density at radius 2 is 1.88 bits per heavy atom. The summed E-state index contributed by atoms with van der Waals surface area (Å²) in [5, 5.41) is 11.9. The van der Waals surface area contributed by atoms with E-state index in [1.165, 1.54) is 13.8 Å². The van der Waals surface area contributed by atoms with Crippen LogP contribution in [0.1, 0.15) is 25.0 Å². The molecule has 0 spiro atoms. The first-order valence-electron chi connectivity index (χ1n) is 8.22. The molecule has 0 aliphatic carbocycles. The van der Waals surface area contributed by atoms with E-state index in [9.17, 15) is 19.5 Å². The van der Waals surface area contributed by atoms with Crippen molar-refractivity contribution in [3.8, 4) is 0 Å². The summed E-state index contributed by atoms with van der Waals surface area (Å²) in [6.45, 7) is 5.94. The second kappa shape index (κ2) is 9.78. The molecule has 7 nitrogen and oxygen atoms in total. The molecule has 0 bridgehead atoms. The quantitative estimate of drug-likeness (QED) is 0.690. The van der Waals surface area contributed by atoms with Crippen molar-refractivity contribution in [1.82, 2.24) is 15.1 Å². The lowest BCUT2D eigenvalue weighted by Gasteiger charge is -2.28. The van der Waals surface area contributed by atoms with Crippen LogP contribution in [-0.4, -0.2) is 65.4 Å². The van der Waals surface area contributed by atoms with Gasteiger partial charge in [0, 0.05) is 33.6 Å². The molecule has 138 valence electrons. The van der Waals surface area contributed by atoms with Crippen molar-refractivity contribution < 1.29 is 19.5 Å². The van der Waals surface area contributed by atoms with Crippen LogP contribution >= 0.6 is 0 Å². The number of carbonyl (C=O) groups excluding carboxylic acids is 2. The Hall–Kier alpha value is -2.41. The lowest BCUT2D eigenvalue weighted by molar-refractivity contribution is -0.144. The molecule has 1 unspecified atom stereocenters. The van der Waals surface area contributed by atoms with Gasteiger partial charge in [0.1, 0.15) is 6.04 Å². The predicted octanol–water partition coefficient (Wildman–Crippen LogP) is 0.865. The Kier molecular flexibility index (Phi) is 8.07. The third-order valence-electron chi connectivity index (χ3n) is 4.11. The minimum atomic E-state index is -1.00. The van der Waals surface area contributed by atoms with E-state index in [4.69, 9.17) is 0 Å². The van der Waals surface area contributed by atoms with Crippen LogP contribution in [0.15, 0.2) is 24.3 Å². The van der Waals surface area contributed by atoms with Gasteiger partial charge in [-0.05, 0) is 25.0 Å². The van der Waals surface area contributed by atoms with Crippen molar-refractivity contribution in [3.63, 3.8) is 0 Å². The number of carboxylic acid groups (broad SMARTS) is 1. The normalized spacial score (nSPS) is 11.9. The fourth-order valence-corrected chi connectivity index (χ4v) is 2.37. The average Bonchev–Trinajstić information content (AvgIpc) is 2.54. The SMILES string of the molecule is CC(=O)NCCN(CC(=O)N(C)Cc1ccccc1C)C(C)C(=O)O. The molecule has 0 saturated carbocycles. The molecule has 1 aromatic rings. The van der Waals surface area contributed by atoms with Crippen molar-refractivity contribution in [3.05, 3.63) is 35.4 Å². The number of nitrogens with zero attached hydrogens (tertiary/aromatic N) is 2. The first-order valence-corrected chi connectivity index (χ1v) is 8.22. The molecule has 0 saturated heterocycles. The zero-order valence-corrected chi connectivity index (χ0v) is 15.3. The van der Waals surface area contributed by atoms with E-state index in [1.54, 1.807) is 16.8 Å². The number of amides is 2. The van der Waals surface area contributed by atoms with Gasteiger partial charge in [0.25, 0.3) is 0 Å². The molecule has 2 N–H and O–H groups in total. The largest absolute Gasteiger partial charge is 0.480 e. The maximum atomic E-state index is 12.5. The first-order chi connectivity index (χ1) is 11.7. The number of benzene rings is 1. The van der Waals surface area contributed by atoms with Gasteiger partial charge in [-0.1, -0.05) is 24.3 Å². The third-order valence-corrected chi connectivity index (χ3v) is 4.11. The zero-order valence-electron chi connectivity index (χ0n) is 15.3. The van der Waals surface area contributed by atoms with Crippen LogP contribution in [0.25, 0.3) is 0 Å². The van der Waals surface area contributed by atoms with Crippen molar-refractivity contribution in [2.24, 2.45) is 0 Å². The number of aliphatic carboxylic acids is 1. The van der Waals surface area contributed by atoms with Crippen molar-refractivity contribution >= 4 is 17.8 Å². The van der Waals surface area contributed by atoms with Crippen molar-refractivity contribution in [2.75, 3.05) is 26.7 Å². The molecule has 0 fully saturated rings. The van der Waals surface area contributed by atoms with Crippen LogP contribution in [-0.2, 0) is 20.9 Å². The molecule has 0 radical (unpaired) electrons. The summed E-state index contributed by atoms with van der Waals surface area (Å²) >= 11 is 0. The lowest BCUT2D eigenvalue weighted by atomic mass is 10.1. The Bertz CT molecular complexity index is 618. The number of hydrogen-bond donors (Lipinski definition) is 2. The average molecular weight is 349 g/mol. The van der Waals surface area contributed by atoms with Gasteiger partial charge in [0.15, 0.2) is 0 Å². The van der Waals surface area contributed by atoms with Crippen molar-refractivity contribution in [1.29, 1.82) is 0 Å². The molecular weight excluding hydrogens is 322 g/mol. The van der Waals surface area contributed by atoms with Crippen LogP contribution in [0.2, 0.25) is 0 Å². The van der Waals surface area contributed by atoms with E-state index in [0.29, 0.717) is 13.1 Å². The molecule has 25 heavy (non-hydrogen) atoms. The molecular formula is C18H27N3O4. The van der Waals surface area contributed by atoms with E-state index in [-0.39, 0.29) is 24.9 Å². The Morgan fingerprint density at radius 1 is 1.24 bits per heavy atom. The Balaban J connectivity index is 2.70. The fraction of sp³-hybridized carbons (Fsp3) is 0.500. The molecule has 0 heterocycles. The van der Waals surface area contributed by atoms with Gasteiger partial charge in [-0.15, -0.1) is 0 Å².